The molecule has 2 rings (SSSR count). The van der Waals surface area contributed by atoms with Gasteiger partial charge in [0.15, 0.2) is 0 Å². The van der Waals surface area contributed by atoms with Gasteiger partial charge in [-0.3, -0.25) is 4.79 Å². The van der Waals surface area contributed by atoms with Crippen LogP contribution in [0, 0.1) is 6.92 Å². The Labute approximate surface area is 105 Å². The van der Waals surface area contributed by atoms with Gasteiger partial charge in [-0.1, -0.05) is 23.4 Å². The minimum absolute atomic E-state index is 0.215. The number of carbonyl (C=O) groups excluding carboxylic acids is 1. The summed E-state index contributed by atoms with van der Waals surface area (Å²) in [5.74, 6) is -0.0779. The second-order valence-electron chi connectivity index (χ2n) is 3.97. The van der Waals surface area contributed by atoms with Crippen molar-refractivity contribution in [2.45, 2.75) is 13.5 Å². The summed E-state index contributed by atoms with van der Waals surface area (Å²) in [6.07, 6.45) is 0. The Bertz CT molecular complexity index is 549. The van der Waals surface area contributed by atoms with Gasteiger partial charge in [0.1, 0.15) is 0 Å². The monoisotopic (exact) mass is 245 g/mol. The number of anilines is 1. The van der Waals surface area contributed by atoms with Gasteiger partial charge < -0.3 is 15.2 Å². The zero-order valence-corrected chi connectivity index (χ0v) is 10.4. The van der Waals surface area contributed by atoms with Gasteiger partial charge in [0.05, 0.1) is 5.69 Å². The Balaban J connectivity index is 2.16. The molecule has 2 N–H and O–H groups in total. The van der Waals surface area contributed by atoms with Crippen molar-refractivity contribution in [3.05, 3.63) is 47.3 Å². The van der Waals surface area contributed by atoms with Crippen LogP contribution in [0.1, 0.15) is 21.8 Å². The number of benzene rings is 1. The van der Waals surface area contributed by atoms with Crippen LogP contribution in [-0.2, 0) is 6.54 Å². The van der Waals surface area contributed by atoms with E-state index in [4.69, 9.17) is 4.52 Å². The van der Waals surface area contributed by atoms with Crippen molar-refractivity contribution in [3.8, 4) is 0 Å². The van der Waals surface area contributed by atoms with E-state index in [0.717, 1.165) is 11.3 Å². The van der Waals surface area contributed by atoms with E-state index in [1.807, 2.05) is 31.3 Å². The number of para-hydroxylation sites is 1. The Hall–Kier alpha value is -2.14. The second kappa shape index (κ2) is 5.46. The highest BCUT2D eigenvalue weighted by atomic mass is 16.5. The summed E-state index contributed by atoms with van der Waals surface area (Å²) in [5, 5.41) is 9.56. The molecule has 1 heterocycles. The van der Waals surface area contributed by atoms with Crippen LogP contribution in [0.3, 0.4) is 0 Å². The maximum Gasteiger partial charge on any atom is 0.294 e. The van der Waals surface area contributed by atoms with E-state index in [1.54, 1.807) is 13.0 Å². The molecule has 0 aliphatic rings. The highest BCUT2D eigenvalue weighted by Crippen LogP contribution is 2.16. The van der Waals surface area contributed by atoms with Crippen LogP contribution in [0.2, 0.25) is 0 Å². The molecule has 0 fully saturated rings. The van der Waals surface area contributed by atoms with Crippen molar-refractivity contribution in [2.24, 2.45) is 0 Å². The molecule has 5 heteroatoms. The molecule has 0 unspecified atom stereocenters. The van der Waals surface area contributed by atoms with Gasteiger partial charge in [-0.2, -0.15) is 0 Å². The molecule has 1 aromatic heterocycles. The molecular formula is C13H15N3O2. The van der Waals surface area contributed by atoms with Gasteiger partial charge in [-0.15, -0.1) is 0 Å². The lowest BCUT2D eigenvalue weighted by Gasteiger charge is -2.09. The predicted molar refractivity (Wildman–Crippen MR) is 68.4 cm³/mol. The second-order valence-corrected chi connectivity index (χ2v) is 3.97. The third kappa shape index (κ3) is 2.75. The van der Waals surface area contributed by atoms with Crippen molar-refractivity contribution in [2.75, 3.05) is 12.4 Å². The number of aryl methyl sites for hydroxylation is 1. The molecular weight excluding hydrogens is 230 g/mol. The lowest BCUT2D eigenvalue weighted by atomic mass is 10.1. The molecule has 0 atom stereocenters. The van der Waals surface area contributed by atoms with Crippen LogP contribution in [0.5, 0.6) is 0 Å². The predicted octanol–water partition coefficient (Wildman–Crippen LogP) is 1.95. The summed E-state index contributed by atoms with van der Waals surface area (Å²) in [7, 11) is 1.86. The Morgan fingerprint density at radius 1 is 1.39 bits per heavy atom. The molecule has 0 spiro atoms. The number of hydrogen-bond acceptors (Lipinski definition) is 4. The number of nitrogens with zero attached hydrogens (tertiary/aromatic N) is 1. The van der Waals surface area contributed by atoms with E-state index in [1.165, 1.54) is 0 Å². The van der Waals surface area contributed by atoms with Gasteiger partial charge in [0.2, 0.25) is 5.76 Å². The number of carbonyl (C=O) groups is 1. The topological polar surface area (TPSA) is 67.2 Å². The first-order valence-electron chi connectivity index (χ1n) is 5.68. The van der Waals surface area contributed by atoms with E-state index in [9.17, 15) is 4.79 Å². The molecule has 0 radical (unpaired) electrons. The highest BCUT2D eigenvalue weighted by Gasteiger charge is 2.13. The average molecular weight is 245 g/mol. The largest absolute Gasteiger partial charge is 0.351 e. The molecule has 0 aliphatic carbocycles. The molecule has 1 amide bonds. The van der Waals surface area contributed by atoms with Crippen molar-refractivity contribution >= 4 is 11.6 Å². The molecule has 5 nitrogen and oxygen atoms in total. The fraction of sp³-hybridized carbons (Fsp3) is 0.231. The van der Waals surface area contributed by atoms with Crippen LogP contribution in [0.15, 0.2) is 34.9 Å². The maximum atomic E-state index is 11.9. The third-order valence-corrected chi connectivity index (χ3v) is 2.48. The van der Waals surface area contributed by atoms with Gasteiger partial charge in [-0.25, -0.2) is 0 Å². The van der Waals surface area contributed by atoms with E-state index >= 15 is 0 Å². The average Bonchev–Trinajstić information content (AvgIpc) is 2.79. The van der Waals surface area contributed by atoms with Crippen LogP contribution >= 0.6 is 0 Å². The van der Waals surface area contributed by atoms with Gasteiger partial charge >= 0.3 is 0 Å². The zero-order chi connectivity index (χ0) is 13.0. The van der Waals surface area contributed by atoms with E-state index in [-0.39, 0.29) is 11.7 Å². The van der Waals surface area contributed by atoms with E-state index in [2.05, 4.69) is 15.8 Å². The van der Waals surface area contributed by atoms with Gasteiger partial charge in [0, 0.05) is 18.3 Å². The van der Waals surface area contributed by atoms with Gasteiger partial charge in [0.25, 0.3) is 5.91 Å². The molecule has 2 aromatic rings. The minimum atomic E-state index is -0.292. The summed E-state index contributed by atoms with van der Waals surface area (Å²) in [6.45, 7) is 2.46. The molecule has 94 valence electrons. The molecule has 0 saturated carbocycles. The molecule has 18 heavy (non-hydrogen) atoms. The van der Waals surface area contributed by atoms with Crippen molar-refractivity contribution in [1.29, 1.82) is 0 Å². The summed E-state index contributed by atoms with van der Waals surface area (Å²) in [6, 6.07) is 9.23. The first kappa shape index (κ1) is 12.3. The number of amides is 1. The van der Waals surface area contributed by atoms with Crippen LogP contribution in [0.4, 0.5) is 5.69 Å². The van der Waals surface area contributed by atoms with Crippen molar-refractivity contribution in [1.82, 2.24) is 10.5 Å². The summed E-state index contributed by atoms with van der Waals surface area (Å²) < 4.78 is 4.92. The first-order chi connectivity index (χ1) is 8.70. The molecule has 1 aromatic carbocycles. The summed E-state index contributed by atoms with van der Waals surface area (Å²) >= 11 is 0. The number of nitrogens with one attached hydrogen (secondary N) is 2. The normalized spacial score (nSPS) is 10.3. The fourth-order valence-corrected chi connectivity index (χ4v) is 1.64. The summed E-state index contributed by atoms with van der Waals surface area (Å²) in [4.78, 5) is 11.9. The zero-order valence-electron chi connectivity index (χ0n) is 10.4. The van der Waals surface area contributed by atoms with Crippen LogP contribution in [0.25, 0.3) is 0 Å². The lowest BCUT2D eigenvalue weighted by molar-refractivity contribution is 0.0988. The Kier molecular flexibility index (Phi) is 3.74. The minimum Gasteiger partial charge on any atom is -0.351 e. The van der Waals surface area contributed by atoms with Crippen molar-refractivity contribution in [3.63, 3.8) is 0 Å². The maximum absolute atomic E-state index is 11.9. The molecule has 0 saturated heterocycles. The highest BCUT2D eigenvalue weighted by molar-refractivity contribution is 6.02. The standard InChI is InChI=1S/C13H15N3O2/c1-9-7-12(18-16-9)13(17)15-11-6-4-3-5-10(11)8-14-2/h3-7,14H,8H2,1-2H3,(H,15,17). The third-order valence-electron chi connectivity index (χ3n) is 2.48. The quantitative estimate of drug-likeness (QED) is 0.864. The number of aromatic nitrogens is 1. The van der Waals surface area contributed by atoms with E-state index < -0.39 is 0 Å². The lowest BCUT2D eigenvalue weighted by Crippen LogP contribution is -2.14. The SMILES string of the molecule is CNCc1ccccc1NC(=O)c1cc(C)no1. The van der Waals surface area contributed by atoms with Crippen LogP contribution < -0.4 is 10.6 Å². The number of rotatable bonds is 4. The van der Waals surface area contributed by atoms with Gasteiger partial charge in [-0.05, 0) is 25.6 Å². The molecule has 0 aliphatic heterocycles. The Morgan fingerprint density at radius 2 is 2.17 bits per heavy atom. The number of hydrogen-bond donors (Lipinski definition) is 2. The first-order valence-corrected chi connectivity index (χ1v) is 5.68. The Morgan fingerprint density at radius 3 is 2.83 bits per heavy atom. The summed E-state index contributed by atoms with van der Waals surface area (Å²) in [5.41, 5.74) is 2.47. The van der Waals surface area contributed by atoms with E-state index in [0.29, 0.717) is 12.2 Å². The fourth-order valence-electron chi connectivity index (χ4n) is 1.64. The van der Waals surface area contributed by atoms with Crippen LogP contribution in [-0.4, -0.2) is 18.1 Å². The smallest absolute Gasteiger partial charge is 0.294 e. The van der Waals surface area contributed by atoms with Crippen molar-refractivity contribution < 1.29 is 9.32 Å². The molecule has 0 bridgehead atoms.